The van der Waals surface area contributed by atoms with E-state index >= 15 is 0 Å². The molecule has 2 amide bonds. The average Bonchev–Trinajstić information content (AvgIpc) is 3.26. The van der Waals surface area contributed by atoms with Crippen LogP contribution in [0.5, 0.6) is 0 Å². The van der Waals surface area contributed by atoms with Gasteiger partial charge >= 0.3 is 6.03 Å². The molecule has 144 valence electrons. The highest BCUT2D eigenvalue weighted by Crippen LogP contribution is 2.57. The van der Waals surface area contributed by atoms with E-state index in [1.807, 2.05) is 16.9 Å². The summed E-state index contributed by atoms with van der Waals surface area (Å²) < 4.78 is 2.04. The Balaban J connectivity index is 1.57. The minimum atomic E-state index is -0.123. The van der Waals surface area contributed by atoms with Crippen molar-refractivity contribution in [3.05, 3.63) is 47.8 Å². The molecule has 1 aromatic heterocycles. The van der Waals surface area contributed by atoms with Gasteiger partial charge in [-0.3, -0.25) is 4.68 Å². The number of aromatic nitrogens is 2. The second-order valence-corrected chi connectivity index (χ2v) is 8.89. The van der Waals surface area contributed by atoms with Crippen LogP contribution in [0.25, 0.3) is 0 Å². The molecule has 1 aliphatic carbocycles. The lowest BCUT2D eigenvalue weighted by Gasteiger charge is -2.42. The van der Waals surface area contributed by atoms with Crippen LogP contribution in [0.2, 0.25) is 0 Å². The maximum Gasteiger partial charge on any atom is 0.322 e. The summed E-state index contributed by atoms with van der Waals surface area (Å²) in [5, 5.41) is 7.73. The molecule has 3 fully saturated rings. The fourth-order valence-corrected chi connectivity index (χ4v) is 4.87. The lowest BCUT2D eigenvalue weighted by Crippen LogP contribution is -2.47. The van der Waals surface area contributed by atoms with Gasteiger partial charge in [0.2, 0.25) is 0 Å². The Labute approximate surface area is 161 Å². The van der Waals surface area contributed by atoms with Crippen molar-refractivity contribution in [3.8, 4) is 0 Å². The number of urea groups is 1. The Bertz CT molecular complexity index is 818. The fourth-order valence-electron chi connectivity index (χ4n) is 4.87. The van der Waals surface area contributed by atoms with Crippen LogP contribution in [0.1, 0.15) is 57.7 Å². The maximum atomic E-state index is 13.2. The average molecular weight is 367 g/mol. The number of hydrogen-bond acceptors (Lipinski definition) is 2. The van der Waals surface area contributed by atoms with Crippen LogP contribution >= 0.6 is 0 Å². The number of benzene rings is 1. The van der Waals surface area contributed by atoms with Gasteiger partial charge in [-0.05, 0) is 36.2 Å². The van der Waals surface area contributed by atoms with E-state index in [1.54, 1.807) is 0 Å². The summed E-state index contributed by atoms with van der Waals surface area (Å²) in [7, 11) is 0. The second kappa shape index (κ2) is 6.70. The first-order valence-electron chi connectivity index (χ1n) is 10.1. The summed E-state index contributed by atoms with van der Waals surface area (Å²) in [6, 6.07) is 10.5. The molecule has 0 spiro atoms. The quantitative estimate of drug-likeness (QED) is 0.825. The third-order valence-corrected chi connectivity index (χ3v) is 5.97. The predicted octanol–water partition coefficient (Wildman–Crippen LogP) is 4.82. The lowest BCUT2D eigenvalue weighted by molar-refractivity contribution is 0.129. The molecule has 5 heteroatoms. The highest BCUT2D eigenvalue weighted by atomic mass is 16.2. The van der Waals surface area contributed by atoms with Crippen molar-refractivity contribution in [1.82, 2.24) is 14.7 Å². The molecular weight excluding hydrogens is 336 g/mol. The smallest absolute Gasteiger partial charge is 0.314 e. The monoisotopic (exact) mass is 366 g/mol. The molecule has 1 saturated carbocycles. The maximum absolute atomic E-state index is 13.2. The Kier molecular flexibility index (Phi) is 4.49. The van der Waals surface area contributed by atoms with E-state index in [9.17, 15) is 4.79 Å². The molecule has 5 nitrogen and oxygen atoms in total. The number of amides is 2. The molecule has 0 radical (unpaired) electrons. The van der Waals surface area contributed by atoms with Gasteiger partial charge in [-0.15, -0.1) is 0 Å². The van der Waals surface area contributed by atoms with Gasteiger partial charge in [0.15, 0.2) is 0 Å². The Morgan fingerprint density at radius 2 is 1.93 bits per heavy atom. The number of nitrogens with zero attached hydrogens (tertiary/aromatic N) is 3. The van der Waals surface area contributed by atoms with Gasteiger partial charge < -0.3 is 10.2 Å². The minimum Gasteiger partial charge on any atom is -0.314 e. The van der Waals surface area contributed by atoms with Crippen molar-refractivity contribution in [2.45, 2.75) is 58.5 Å². The van der Waals surface area contributed by atoms with Crippen LogP contribution in [0.3, 0.4) is 0 Å². The first-order valence-corrected chi connectivity index (χ1v) is 10.1. The molecule has 2 bridgehead atoms. The molecule has 1 N–H and O–H groups in total. The minimum absolute atomic E-state index is 0.00449. The van der Waals surface area contributed by atoms with E-state index in [0.717, 1.165) is 37.3 Å². The molecule has 1 aromatic carbocycles. The van der Waals surface area contributed by atoms with Gasteiger partial charge in [0, 0.05) is 13.1 Å². The number of hydrogen-bond donors (Lipinski definition) is 1. The lowest BCUT2D eigenvalue weighted by atomic mass is 9.69. The summed E-state index contributed by atoms with van der Waals surface area (Å²) in [4.78, 5) is 15.3. The summed E-state index contributed by atoms with van der Waals surface area (Å²) in [6.07, 6.45) is 3.97. The largest absolute Gasteiger partial charge is 0.322 e. The summed E-state index contributed by atoms with van der Waals surface area (Å²) in [6.45, 7) is 10.4. The summed E-state index contributed by atoms with van der Waals surface area (Å²) in [5.41, 5.74) is 3.09. The molecule has 0 atom stereocenters. The van der Waals surface area contributed by atoms with Gasteiger partial charge in [-0.2, -0.15) is 5.10 Å². The molecule has 5 rings (SSSR count). The number of nitrogens with one attached hydrogen (secondary N) is 1. The molecule has 2 aromatic rings. The Morgan fingerprint density at radius 1 is 1.22 bits per heavy atom. The van der Waals surface area contributed by atoms with E-state index < -0.39 is 0 Å². The van der Waals surface area contributed by atoms with Crippen molar-refractivity contribution in [2.75, 3.05) is 11.9 Å². The van der Waals surface area contributed by atoms with Crippen molar-refractivity contribution in [2.24, 2.45) is 11.8 Å². The molecule has 2 saturated heterocycles. The van der Waals surface area contributed by atoms with E-state index in [2.05, 4.69) is 67.3 Å². The number of rotatable bonds is 5. The Morgan fingerprint density at radius 3 is 2.56 bits per heavy atom. The van der Waals surface area contributed by atoms with Gasteiger partial charge in [-0.1, -0.05) is 58.0 Å². The zero-order chi connectivity index (χ0) is 19.2. The van der Waals surface area contributed by atoms with Gasteiger partial charge in [0.05, 0.1) is 23.1 Å². The zero-order valence-electron chi connectivity index (χ0n) is 16.8. The van der Waals surface area contributed by atoms with Crippen molar-refractivity contribution < 1.29 is 4.79 Å². The normalized spacial score (nSPS) is 23.8. The number of anilines is 1. The molecule has 2 aliphatic heterocycles. The second-order valence-electron chi connectivity index (χ2n) is 8.89. The molecule has 3 heterocycles. The third kappa shape index (κ3) is 3.03. The number of carbonyl (C=O) groups is 1. The zero-order valence-corrected chi connectivity index (χ0v) is 16.8. The van der Waals surface area contributed by atoms with Crippen LogP contribution in [-0.2, 0) is 12.1 Å². The van der Waals surface area contributed by atoms with Gasteiger partial charge in [0.1, 0.15) is 0 Å². The predicted molar refractivity (Wildman–Crippen MR) is 108 cm³/mol. The van der Waals surface area contributed by atoms with Crippen LogP contribution in [0, 0.1) is 11.8 Å². The van der Waals surface area contributed by atoms with Gasteiger partial charge in [0.25, 0.3) is 0 Å². The van der Waals surface area contributed by atoms with Crippen molar-refractivity contribution in [3.63, 3.8) is 0 Å². The number of fused-ring (bicyclic) bond motifs is 1. The molecular formula is C22H30N4O. The highest BCUT2D eigenvalue weighted by molar-refractivity contribution is 5.91. The van der Waals surface area contributed by atoms with Crippen LogP contribution in [0.15, 0.2) is 36.5 Å². The number of carbonyl (C=O) groups excluding carboxylic acids is 1. The van der Waals surface area contributed by atoms with Crippen LogP contribution < -0.4 is 5.32 Å². The fraction of sp³-hybridized carbons (Fsp3) is 0.545. The van der Waals surface area contributed by atoms with E-state index in [-0.39, 0.29) is 11.6 Å². The van der Waals surface area contributed by atoms with Crippen molar-refractivity contribution >= 4 is 11.7 Å². The Hall–Kier alpha value is -2.30. The SMILES string of the molecule is CC(C)Cn1ncc(NC(=O)N2CC3CC2(c2ccccc2)C3)c1C(C)C. The first-order chi connectivity index (χ1) is 12.9. The summed E-state index contributed by atoms with van der Waals surface area (Å²) in [5.74, 6) is 1.44. The van der Waals surface area contributed by atoms with E-state index in [0.29, 0.717) is 17.8 Å². The van der Waals surface area contributed by atoms with E-state index in [1.165, 1.54) is 5.56 Å². The van der Waals surface area contributed by atoms with Gasteiger partial charge in [-0.25, -0.2) is 4.79 Å². The molecule has 0 unspecified atom stereocenters. The van der Waals surface area contributed by atoms with Crippen LogP contribution in [-0.4, -0.2) is 27.3 Å². The summed E-state index contributed by atoms with van der Waals surface area (Å²) >= 11 is 0. The van der Waals surface area contributed by atoms with Crippen molar-refractivity contribution in [1.29, 1.82) is 0 Å². The van der Waals surface area contributed by atoms with Crippen LogP contribution in [0.4, 0.5) is 10.5 Å². The third-order valence-electron chi connectivity index (χ3n) is 5.97. The van der Waals surface area contributed by atoms with E-state index in [4.69, 9.17) is 0 Å². The molecule has 27 heavy (non-hydrogen) atoms. The standard InChI is InChI=1S/C22H30N4O/c1-15(2)13-26-20(16(3)4)19(12-23-26)24-21(27)25-14-17-10-22(25,11-17)18-8-6-5-7-9-18/h5-9,12,15-17H,10-11,13-14H2,1-4H3,(H,24,27). The topological polar surface area (TPSA) is 50.2 Å². The first kappa shape index (κ1) is 18.1. The highest BCUT2D eigenvalue weighted by Gasteiger charge is 2.58. The molecule has 3 aliphatic rings.